The number of ether oxygens (including phenoxy) is 2. The first-order valence-electron chi connectivity index (χ1n) is 21.4. The summed E-state index contributed by atoms with van der Waals surface area (Å²) in [6.45, 7) is 17.6. The third-order valence-electron chi connectivity index (χ3n) is 10.4. The zero-order valence-electron chi connectivity index (χ0n) is 37.2. The zero-order valence-corrected chi connectivity index (χ0v) is 37.2. The molecule has 308 valence electrons. The van der Waals surface area contributed by atoms with Gasteiger partial charge in [-0.1, -0.05) is 118 Å². The fourth-order valence-electron chi connectivity index (χ4n) is 6.26. The van der Waals surface area contributed by atoms with E-state index in [0.717, 1.165) is 19.3 Å². The molecule has 8 atom stereocenters. The minimum absolute atomic E-state index is 0.131. The number of carbonyl (C=O) groups is 1. The van der Waals surface area contributed by atoms with Gasteiger partial charge in [0.05, 0.1) is 18.8 Å². The second-order valence-electron chi connectivity index (χ2n) is 14.7. The molecule has 1 aliphatic rings. The Morgan fingerprint density at radius 2 is 1.05 bits per heavy atom. The fraction of sp³-hybridized carbons (Fsp3) is 0.518. The minimum Gasteiger partial charge on any atom is -0.350 e. The van der Waals surface area contributed by atoms with E-state index >= 15 is 0 Å². The van der Waals surface area contributed by atoms with Crippen LogP contribution >= 0.6 is 0 Å². The van der Waals surface area contributed by atoms with Crippen molar-refractivity contribution in [3.8, 4) is 142 Å². The molecule has 0 bridgehead atoms. The maximum Gasteiger partial charge on any atom is 0.297 e. The summed E-state index contributed by atoms with van der Waals surface area (Å²) < 4.78 is 12.9. The summed E-state index contributed by atoms with van der Waals surface area (Å²) in [6, 6.07) is -0.254. The van der Waals surface area contributed by atoms with Gasteiger partial charge in [-0.15, -0.1) is 0 Å². The van der Waals surface area contributed by atoms with Crippen LogP contribution in [0.1, 0.15) is 132 Å². The van der Waals surface area contributed by atoms with E-state index in [1.54, 1.807) is 6.92 Å². The van der Waals surface area contributed by atoms with Gasteiger partial charge in [-0.25, -0.2) is 0 Å². The molecule has 60 heavy (non-hydrogen) atoms. The summed E-state index contributed by atoms with van der Waals surface area (Å²) in [7, 11) is 0. The molecule has 0 radical (unpaired) electrons. The summed E-state index contributed by atoms with van der Waals surface area (Å²) in [5, 5.41) is 3.11. The van der Waals surface area contributed by atoms with Crippen molar-refractivity contribution < 1.29 is 14.3 Å². The van der Waals surface area contributed by atoms with Crippen LogP contribution in [0.25, 0.3) is 0 Å². The number of allylic oxidation sites excluding steroid dienone is 2. The highest BCUT2D eigenvalue weighted by molar-refractivity contribution is 5.94. The predicted octanol–water partition coefficient (Wildman–Crippen LogP) is 8.73. The molecule has 0 aromatic heterocycles. The third-order valence-corrected chi connectivity index (χ3v) is 10.4. The van der Waals surface area contributed by atoms with E-state index in [-0.39, 0.29) is 30.3 Å². The van der Waals surface area contributed by atoms with Gasteiger partial charge in [0.25, 0.3) is 5.91 Å². The molecule has 0 aromatic carbocycles. The number of hydrogen-bond donors (Lipinski definition) is 1. The van der Waals surface area contributed by atoms with Gasteiger partial charge < -0.3 is 14.8 Å². The first-order valence-corrected chi connectivity index (χ1v) is 21.4. The Kier molecular flexibility index (Phi) is 31.1. The zero-order chi connectivity index (χ0) is 43.9. The summed E-state index contributed by atoms with van der Waals surface area (Å²) in [5.74, 6) is 62.6. The van der Waals surface area contributed by atoms with Gasteiger partial charge in [-0.2, -0.15) is 0 Å². The van der Waals surface area contributed by atoms with Crippen molar-refractivity contribution in [1.82, 2.24) is 5.32 Å². The van der Waals surface area contributed by atoms with Crippen LogP contribution in [0.3, 0.4) is 0 Å². The van der Waals surface area contributed by atoms with E-state index in [1.807, 2.05) is 0 Å². The van der Waals surface area contributed by atoms with Crippen molar-refractivity contribution >= 4 is 5.91 Å². The lowest BCUT2D eigenvalue weighted by molar-refractivity contribution is -0.251. The molecule has 1 saturated heterocycles. The average Bonchev–Trinajstić information content (AvgIpc) is 3.25. The summed E-state index contributed by atoms with van der Waals surface area (Å²) in [5.41, 5.74) is 0. The molecule has 1 N–H and O–H groups in total. The third kappa shape index (κ3) is 26.0. The lowest BCUT2D eigenvalue weighted by atomic mass is 9.78. The number of carbonyl (C=O) groups excluding carboxylic acids is 1. The molecule has 1 heterocycles. The second kappa shape index (κ2) is 36.0. The number of amides is 1. The SMILES string of the molecule is CC#CC#CC#CC#CC#CC#CC#CC#CC#CC#CC#CC#CC(=O)N[C@@H](COC1OC(CC)C(C)C(C)C1C)[C@H](C)[C@H](C)CC=CCCCCCCCCCCC. The Labute approximate surface area is 365 Å². The highest BCUT2D eigenvalue weighted by Crippen LogP contribution is 2.36. The van der Waals surface area contributed by atoms with Crippen LogP contribution in [-0.4, -0.2) is 30.9 Å². The monoisotopic (exact) mass is 795 g/mol. The lowest BCUT2D eigenvalue weighted by Gasteiger charge is -2.43. The van der Waals surface area contributed by atoms with E-state index in [4.69, 9.17) is 9.47 Å². The summed E-state index contributed by atoms with van der Waals surface area (Å²) in [4.78, 5) is 13.0. The largest absolute Gasteiger partial charge is 0.350 e. The fourth-order valence-corrected chi connectivity index (χ4v) is 6.26. The molecular formula is C56H61NO3. The molecule has 4 nitrogen and oxygen atoms in total. The molecule has 0 saturated carbocycles. The van der Waals surface area contributed by atoms with Gasteiger partial charge in [0.2, 0.25) is 0 Å². The van der Waals surface area contributed by atoms with Gasteiger partial charge in [0.1, 0.15) is 0 Å². The Hall–Kier alpha value is -6.15. The molecule has 0 aliphatic carbocycles. The van der Waals surface area contributed by atoms with Crippen molar-refractivity contribution in [1.29, 1.82) is 0 Å². The van der Waals surface area contributed by atoms with Crippen molar-refractivity contribution in [2.75, 3.05) is 6.61 Å². The maximum absolute atomic E-state index is 13.0. The summed E-state index contributed by atoms with van der Waals surface area (Å²) in [6.07, 6.45) is 19.4. The van der Waals surface area contributed by atoms with E-state index in [1.165, 1.54) is 57.8 Å². The molecule has 4 heteroatoms. The van der Waals surface area contributed by atoms with Gasteiger partial charge in [0, 0.05) is 47.4 Å². The molecule has 1 amide bonds. The second-order valence-corrected chi connectivity index (χ2v) is 14.7. The van der Waals surface area contributed by atoms with E-state index in [9.17, 15) is 4.79 Å². The van der Waals surface area contributed by atoms with Crippen LogP contribution in [0.4, 0.5) is 0 Å². The Morgan fingerprint density at radius 3 is 1.52 bits per heavy atom. The molecule has 1 rings (SSSR count). The van der Waals surface area contributed by atoms with Crippen LogP contribution in [0.15, 0.2) is 12.2 Å². The first kappa shape index (κ1) is 51.9. The Bertz CT molecular complexity index is 2170. The molecule has 1 aliphatic heterocycles. The molecule has 0 spiro atoms. The maximum atomic E-state index is 13.0. The van der Waals surface area contributed by atoms with Crippen LogP contribution < -0.4 is 5.32 Å². The van der Waals surface area contributed by atoms with Crippen LogP contribution in [0.5, 0.6) is 0 Å². The normalized spacial score (nSPS) is 17.9. The highest BCUT2D eigenvalue weighted by atomic mass is 16.7. The van der Waals surface area contributed by atoms with E-state index < -0.39 is 5.91 Å². The topological polar surface area (TPSA) is 47.6 Å². The van der Waals surface area contributed by atoms with Crippen LogP contribution in [-0.2, 0) is 14.3 Å². The van der Waals surface area contributed by atoms with Crippen molar-refractivity contribution in [3.63, 3.8) is 0 Å². The van der Waals surface area contributed by atoms with Crippen molar-refractivity contribution in [2.45, 2.75) is 151 Å². The van der Waals surface area contributed by atoms with Crippen LogP contribution in [0, 0.1) is 172 Å². The Morgan fingerprint density at radius 1 is 0.600 bits per heavy atom. The van der Waals surface area contributed by atoms with Gasteiger partial charge in [-0.3, -0.25) is 4.79 Å². The Balaban J connectivity index is 2.77. The van der Waals surface area contributed by atoms with Gasteiger partial charge in [0.15, 0.2) is 6.29 Å². The predicted molar refractivity (Wildman–Crippen MR) is 247 cm³/mol. The van der Waals surface area contributed by atoms with Crippen LogP contribution in [0.2, 0.25) is 0 Å². The number of nitrogens with one attached hydrogen (secondary N) is 1. The molecule has 1 fully saturated rings. The number of hydrogen-bond acceptors (Lipinski definition) is 3. The van der Waals surface area contributed by atoms with Gasteiger partial charge in [-0.05, 0) is 151 Å². The van der Waals surface area contributed by atoms with Crippen molar-refractivity contribution in [3.05, 3.63) is 12.2 Å². The van der Waals surface area contributed by atoms with Crippen molar-refractivity contribution in [2.24, 2.45) is 29.6 Å². The lowest BCUT2D eigenvalue weighted by Crippen LogP contribution is -2.49. The number of unbranched alkanes of at least 4 members (excludes halogenated alkanes) is 9. The standard InChI is InChI=1S/C56H61NO3/c1-9-12-14-16-18-20-22-24-25-26-27-28-29-30-31-32-33-34-36-38-40-42-44-46-55(58)57-53(47-59-56-52(8)50(6)51(7)54(11-3)60-56)49(5)48(4)45-43-41-39-37-35-23-21-19-17-15-13-10-2/h41,43,48-54,56H,10-11,13,15,17,19,21,23,35,37,39,45,47H2,1-8H3,(H,57,58)/t48-,49-,50?,51?,52?,53+,54?,56?/m1/s1. The number of rotatable bonds is 19. The summed E-state index contributed by atoms with van der Waals surface area (Å²) >= 11 is 0. The first-order chi connectivity index (χ1) is 29.3. The molecular weight excluding hydrogens is 735 g/mol. The minimum atomic E-state index is -0.413. The molecule has 0 aromatic rings. The van der Waals surface area contributed by atoms with E-state index in [2.05, 4.69) is 208 Å². The van der Waals surface area contributed by atoms with E-state index in [0.29, 0.717) is 24.4 Å². The highest BCUT2D eigenvalue weighted by Gasteiger charge is 2.39. The average molecular weight is 796 g/mol. The quantitative estimate of drug-likeness (QED) is 0.0809. The molecule has 5 unspecified atom stereocenters. The smallest absolute Gasteiger partial charge is 0.297 e. The van der Waals surface area contributed by atoms with Gasteiger partial charge >= 0.3 is 0 Å².